The summed E-state index contributed by atoms with van der Waals surface area (Å²) < 4.78 is 30.3. The monoisotopic (exact) mass is 1620 g/mol. The number of aromatic nitrogens is 8. The van der Waals surface area contributed by atoms with Crippen LogP contribution in [0, 0.1) is 27.7 Å². The topological polar surface area (TPSA) is 47.9 Å². The Morgan fingerprint density at radius 3 is 1.34 bits per heavy atom. The molecular weight excluding hydrogens is 1510 g/mol. The van der Waals surface area contributed by atoms with Crippen molar-refractivity contribution in [3.63, 3.8) is 0 Å². The van der Waals surface area contributed by atoms with Crippen LogP contribution >= 0.6 is 22.7 Å². The first kappa shape index (κ1) is 81.1. The molecule has 8 heterocycles. The maximum absolute atomic E-state index is 6.14. The summed E-state index contributed by atoms with van der Waals surface area (Å²) in [5.74, 6) is 6.25. The van der Waals surface area contributed by atoms with Gasteiger partial charge in [-0.25, -0.2) is 18.3 Å². The molecule has 0 saturated carbocycles. The Morgan fingerprint density at radius 2 is 0.769 bits per heavy atom. The second-order valence-electron chi connectivity index (χ2n) is 35.0. The van der Waals surface area contributed by atoms with Crippen molar-refractivity contribution in [3.05, 3.63) is 336 Å². The SMILES string of the molecule is Cc1cc2oc3ccccc3c2cc1-c1n(-c2c(C(C)C)cccc2C(C)C)cc[n+]1C.Cc1cc2sc3ccccc3c2cc1-c1n(-c2c(C(C)C)cccc2C(C)C)cc[n+]1C.Cc1cccc2c3ccccc3n3c(-c4ccccc4)c[n+](C)c3c12.Cc1ccccc1-c1n(-c2c(C(C)C)cc3c(sc4ccccc43)c2C(C)C)cc[n+]1C. The fraction of sp³-hybridized carbons (Fsp3) is 0.236. The van der Waals surface area contributed by atoms with Gasteiger partial charge in [-0.1, -0.05) is 259 Å². The van der Waals surface area contributed by atoms with E-state index in [4.69, 9.17) is 4.42 Å². The van der Waals surface area contributed by atoms with Crippen LogP contribution in [0.25, 0.3) is 152 Å². The number of imidazole rings is 4. The average molecular weight is 1630 g/mol. The van der Waals surface area contributed by atoms with Crippen molar-refractivity contribution in [2.24, 2.45) is 28.2 Å². The summed E-state index contributed by atoms with van der Waals surface area (Å²) in [7, 11) is 8.59. The first-order valence-corrected chi connectivity index (χ1v) is 44.7. The number of nitrogens with zero attached hydrogens (tertiary/aromatic N) is 8. The molecule has 8 aromatic heterocycles. The first-order chi connectivity index (χ1) is 58.4. The predicted octanol–water partition coefficient (Wildman–Crippen LogP) is 28.3. The van der Waals surface area contributed by atoms with Crippen LogP contribution in [0.2, 0.25) is 0 Å². The van der Waals surface area contributed by atoms with Crippen molar-refractivity contribution in [2.75, 3.05) is 0 Å². The Bertz CT molecular complexity index is 7060. The van der Waals surface area contributed by atoms with Crippen LogP contribution in [0.4, 0.5) is 0 Å². The second kappa shape index (κ2) is 33.0. The van der Waals surface area contributed by atoms with E-state index in [0.717, 1.165) is 21.9 Å². The lowest BCUT2D eigenvalue weighted by molar-refractivity contribution is -0.659. The Balaban J connectivity index is 0.000000115. The normalized spacial score (nSPS) is 11.9. The second-order valence-corrected chi connectivity index (χ2v) is 37.1. The summed E-state index contributed by atoms with van der Waals surface area (Å²) >= 11 is 3.82. The molecule has 0 aliphatic carbocycles. The van der Waals surface area contributed by atoms with Crippen molar-refractivity contribution >= 4 is 112 Å². The maximum atomic E-state index is 6.14. The molecule has 0 aliphatic rings. The summed E-state index contributed by atoms with van der Waals surface area (Å²) in [6, 6.07) is 85.8. The first-order valence-electron chi connectivity index (χ1n) is 43.1. The van der Waals surface area contributed by atoms with Crippen LogP contribution in [0.5, 0.6) is 0 Å². The van der Waals surface area contributed by atoms with Gasteiger partial charge in [0, 0.05) is 101 Å². The molecule has 0 aliphatic heterocycles. The maximum Gasteiger partial charge on any atom is 0.295 e. The van der Waals surface area contributed by atoms with Gasteiger partial charge < -0.3 is 4.42 Å². The van der Waals surface area contributed by atoms with Gasteiger partial charge in [-0.2, -0.15) is 18.1 Å². The van der Waals surface area contributed by atoms with E-state index >= 15 is 0 Å². The number of pyridine rings is 1. The fourth-order valence-electron chi connectivity index (χ4n) is 18.7. The zero-order chi connectivity index (χ0) is 84.7. The molecule has 20 aromatic rings. The van der Waals surface area contributed by atoms with Crippen LogP contribution in [-0.4, -0.2) is 18.1 Å². The molecular formula is C110H112N8OS2+4. The number of furan rings is 1. The Labute approximate surface area is 720 Å². The van der Waals surface area contributed by atoms with Crippen molar-refractivity contribution in [1.29, 1.82) is 0 Å². The highest BCUT2D eigenvalue weighted by Gasteiger charge is 2.34. The van der Waals surface area contributed by atoms with Crippen LogP contribution in [0.15, 0.2) is 284 Å². The molecule has 0 saturated heterocycles. The molecule has 0 atom stereocenters. The highest BCUT2D eigenvalue weighted by atomic mass is 32.1. The van der Waals surface area contributed by atoms with Crippen molar-refractivity contribution < 1.29 is 22.7 Å². The van der Waals surface area contributed by atoms with E-state index in [1.54, 1.807) is 0 Å². The van der Waals surface area contributed by atoms with E-state index in [2.05, 4.69) is 443 Å². The van der Waals surface area contributed by atoms with E-state index in [0.29, 0.717) is 35.5 Å². The van der Waals surface area contributed by atoms with E-state index in [-0.39, 0.29) is 0 Å². The van der Waals surface area contributed by atoms with Crippen LogP contribution in [-0.2, 0) is 28.2 Å². The zero-order valence-corrected chi connectivity index (χ0v) is 75.5. The summed E-state index contributed by atoms with van der Waals surface area (Å²) in [6.07, 6.45) is 15.5. The molecule has 121 heavy (non-hydrogen) atoms. The number of hydrogen-bond donors (Lipinski definition) is 0. The minimum Gasteiger partial charge on any atom is -0.456 e. The molecule has 9 nitrogen and oxygen atoms in total. The molecule has 0 spiro atoms. The number of fused-ring (bicyclic) bond motifs is 15. The number of rotatable bonds is 13. The Hall–Kier alpha value is -12.3. The van der Waals surface area contributed by atoms with Gasteiger partial charge in [-0.3, -0.25) is 0 Å². The lowest BCUT2D eigenvalue weighted by Crippen LogP contribution is -2.29. The number of thiophene rings is 2. The van der Waals surface area contributed by atoms with Gasteiger partial charge in [0.05, 0.1) is 50.3 Å². The third kappa shape index (κ3) is 14.5. The Kier molecular flexibility index (Phi) is 22.1. The van der Waals surface area contributed by atoms with Gasteiger partial charge in [0.1, 0.15) is 77.1 Å². The molecule has 12 aromatic carbocycles. The summed E-state index contributed by atoms with van der Waals surface area (Å²) in [5.41, 5.74) is 28.2. The van der Waals surface area contributed by atoms with Crippen molar-refractivity contribution in [2.45, 2.75) is 146 Å². The van der Waals surface area contributed by atoms with Crippen LogP contribution in [0.3, 0.4) is 0 Å². The minimum atomic E-state index is 0.414. The van der Waals surface area contributed by atoms with E-state index in [1.807, 2.05) is 34.8 Å². The highest BCUT2D eigenvalue weighted by molar-refractivity contribution is 7.26. The van der Waals surface area contributed by atoms with Crippen LogP contribution in [0.1, 0.15) is 174 Å². The smallest absolute Gasteiger partial charge is 0.295 e. The molecule has 0 amide bonds. The van der Waals surface area contributed by atoms with Gasteiger partial charge in [-0.05, 0) is 146 Å². The molecule has 11 heteroatoms. The van der Waals surface area contributed by atoms with E-state index in [1.165, 1.54) is 186 Å². The number of benzene rings is 12. The highest BCUT2D eigenvalue weighted by Crippen LogP contribution is 2.47. The molecule has 0 bridgehead atoms. The molecule has 0 radical (unpaired) electrons. The van der Waals surface area contributed by atoms with Crippen molar-refractivity contribution in [1.82, 2.24) is 18.1 Å². The minimum absolute atomic E-state index is 0.414. The standard InChI is InChI=1S/C29H31N2O.2C29H31N2S.C23H19N2/c1-18(2)21-11-9-12-22(19(3)4)28(21)31-15-14-30(6)29(31)24-17-25-23-10-7-8-13-26(23)32-27(25)16-20(24)5;1-18(2)23-17-24-22-13-9-10-14-25(22)32-28(24)26(19(3)4)27(23)31-16-15-30(6)29(31)21-12-8-7-11-20(21)5;1-18(2)21-11-9-12-22(19(3)4)28(21)31-15-14-30(6)29(31)24-17-25-23-10-7-8-13-26(23)32-27(25)16-20(24)5;1-16-9-8-13-19-18-12-6-7-14-20(18)25-21(17-10-4-3-5-11-17)15-24(2)23(25)22(16)19/h3*7-19H,1-6H3;3-15H,1-2H3/q4*+1. The van der Waals surface area contributed by atoms with Crippen molar-refractivity contribution in [3.8, 4) is 62.5 Å². The van der Waals surface area contributed by atoms with E-state index in [9.17, 15) is 0 Å². The summed E-state index contributed by atoms with van der Waals surface area (Å²) in [4.78, 5) is 0. The van der Waals surface area contributed by atoms with Gasteiger partial charge in [0.15, 0.2) is 5.69 Å². The van der Waals surface area contributed by atoms with Gasteiger partial charge in [0.2, 0.25) is 0 Å². The molecule has 0 unspecified atom stereocenters. The number of para-hydroxylation sites is 4. The molecule has 606 valence electrons. The summed E-state index contributed by atoms with van der Waals surface area (Å²) in [5, 5.41) is 11.7. The predicted molar refractivity (Wildman–Crippen MR) is 513 cm³/mol. The molecule has 0 fully saturated rings. The lowest BCUT2D eigenvalue weighted by Gasteiger charge is -2.19. The van der Waals surface area contributed by atoms with Gasteiger partial charge in [-0.15, -0.1) is 22.7 Å². The lowest BCUT2D eigenvalue weighted by atomic mass is 9.90. The zero-order valence-electron chi connectivity index (χ0n) is 73.8. The Morgan fingerprint density at radius 1 is 0.314 bits per heavy atom. The quantitative estimate of drug-likeness (QED) is 0.0838. The number of aryl methyl sites for hydroxylation is 8. The average Bonchev–Trinajstić information content (AvgIpc) is 1.60. The van der Waals surface area contributed by atoms with Gasteiger partial charge in [0.25, 0.3) is 23.1 Å². The van der Waals surface area contributed by atoms with Gasteiger partial charge >= 0.3 is 0 Å². The number of hydrogen-bond acceptors (Lipinski definition) is 3. The summed E-state index contributed by atoms with van der Waals surface area (Å²) in [6.45, 7) is 36.4. The fourth-order valence-corrected chi connectivity index (χ4v) is 21.3. The van der Waals surface area contributed by atoms with Crippen LogP contribution < -0.4 is 18.3 Å². The third-order valence-electron chi connectivity index (χ3n) is 24.7. The largest absolute Gasteiger partial charge is 0.456 e. The molecule has 0 N–H and O–H groups in total. The third-order valence-corrected chi connectivity index (χ3v) is 27.1. The molecule has 20 rings (SSSR count). The van der Waals surface area contributed by atoms with E-state index < -0.39 is 0 Å².